The second-order valence-electron chi connectivity index (χ2n) is 4.64. The molecule has 0 radical (unpaired) electrons. The molecule has 0 bridgehead atoms. The van der Waals surface area contributed by atoms with Crippen molar-refractivity contribution in [1.29, 1.82) is 0 Å². The highest BCUT2D eigenvalue weighted by Gasteiger charge is 2.08. The second-order valence-corrected chi connectivity index (χ2v) is 5.97. The second kappa shape index (κ2) is 5.85. The normalized spacial score (nSPS) is 10.5. The van der Waals surface area contributed by atoms with Crippen molar-refractivity contribution in [2.24, 2.45) is 0 Å². The van der Waals surface area contributed by atoms with Crippen molar-refractivity contribution in [2.45, 2.75) is 13.5 Å². The molecule has 0 aliphatic heterocycles. The number of nitrogens with two attached hydrogens (primary N) is 1. The molecule has 0 amide bonds. The molecule has 0 atom stereocenters. The molecule has 2 rings (SSSR count). The van der Waals surface area contributed by atoms with E-state index in [2.05, 4.69) is 40.0 Å². The van der Waals surface area contributed by atoms with Gasteiger partial charge >= 0.3 is 0 Å². The summed E-state index contributed by atoms with van der Waals surface area (Å²) in [6.45, 7) is 2.87. The molecule has 2 aromatic carbocycles. The summed E-state index contributed by atoms with van der Waals surface area (Å²) in [7, 11) is 2.05. The minimum absolute atomic E-state index is 0.600. The Hall–Kier alpha value is -1.19. The number of aryl methyl sites for hydroxylation is 1. The Bertz CT molecular complexity index is 581. The van der Waals surface area contributed by atoms with Crippen molar-refractivity contribution in [3.63, 3.8) is 0 Å². The van der Waals surface area contributed by atoms with Gasteiger partial charge < -0.3 is 10.6 Å². The van der Waals surface area contributed by atoms with Crippen LogP contribution in [0.15, 0.2) is 40.9 Å². The van der Waals surface area contributed by atoms with E-state index in [4.69, 9.17) is 17.3 Å². The maximum Gasteiger partial charge on any atom is 0.0656 e. The number of halogens is 2. The van der Waals surface area contributed by atoms with Gasteiger partial charge in [-0.05, 0) is 42.3 Å². The monoisotopic (exact) mass is 338 g/mol. The first kappa shape index (κ1) is 14.2. The highest BCUT2D eigenvalue weighted by Crippen LogP contribution is 2.29. The van der Waals surface area contributed by atoms with Crippen LogP contribution in [-0.2, 0) is 6.54 Å². The number of nitrogen functional groups attached to an aromatic ring is 1. The fraction of sp³-hybridized carbons (Fsp3) is 0.200. The van der Waals surface area contributed by atoms with Crippen LogP contribution >= 0.6 is 27.5 Å². The molecule has 0 aromatic heterocycles. The first-order valence-corrected chi connectivity index (χ1v) is 7.15. The molecule has 2 nitrogen and oxygen atoms in total. The molecule has 0 heterocycles. The zero-order valence-electron chi connectivity index (χ0n) is 11.0. The highest BCUT2D eigenvalue weighted by atomic mass is 79.9. The standard InChI is InChI=1S/C15H16BrClN2/c1-10-7-14(18)13(17)8-15(10)19(2)9-11-3-5-12(16)6-4-11/h3-8H,9,18H2,1-2H3. The average Bonchev–Trinajstić information content (AvgIpc) is 2.36. The van der Waals surface area contributed by atoms with E-state index in [1.807, 2.05) is 31.2 Å². The van der Waals surface area contributed by atoms with Crippen LogP contribution in [0.1, 0.15) is 11.1 Å². The van der Waals surface area contributed by atoms with Crippen LogP contribution in [0.25, 0.3) is 0 Å². The minimum Gasteiger partial charge on any atom is -0.398 e. The van der Waals surface area contributed by atoms with Gasteiger partial charge in [-0.3, -0.25) is 0 Å². The fourth-order valence-electron chi connectivity index (χ4n) is 2.05. The van der Waals surface area contributed by atoms with Gasteiger partial charge in [0.15, 0.2) is 0 Å². The van der Waals surface area contributed by atoms with Crippen molar-refractivity contribution in [2.75, 3.05) is 17.7 Å². The van der Waals surface area contributed by atoms with Gasteiger partial charge in [0, 0.05) is 23.8 Å². The van der Waals surface area contributed by atoms with E-state index in [1.165, 1.54) is 5.56 Å². The van der Waals surface area contributed by atoms with Gasteiger partial charge in [0.05, 0.1) is 10.7 Å². The van der Waals surface area contributed by atoms with E-state index in [9.17, 15) is 0 Å². The smallest absolute Gasteiger partial charge is 0.0656 e. The zero-order valence-corrected chi connectivity index (χ0v) is 13.3. The summed E-state index contributed by atoms with van der Waals surface area (Å²) < 4.78 is 1.09. The van der Waals surface area contributed by atoms with E-state index in [0.717, 1.165) is 22.3 Å². The summed E-state index contributed by atoms with van der Waals surface area (Å²) in [5.41, 5.74) is 9.90. The van der Waals surface area contributed by atoms with Crippen LogP contribution in [0.3, 0.4) is 0 Å². The summed E-state index contributed by atoms with van der Waals surface area (Å²) >= 11 is 9.54. The lowest BCUT2D eigenvalue weighted by Gasteiger charge is -2.22. The summed E-state index contributed by atoms with van der Waals surface area (Å²) in [5.74, 6) is 0. The molecule has 100 valence electrons. The minimum atomic E-state index is 0.600. The Morgan fingerprint density at radius 2 is 1.84 bits per heavy atom. The molecular formula is C15H16BrClN2. The van der Waals surface area contributed by atoms with Crippen LogP contribution in [0, 0.1) is 6.92 Å². The van der Waals surface area contributed by atoms with Gasteiger partial charge in [-0.2, -0.15) is 0 Å². The van der Waals surface area contributed by atoms with Crippen LogP contribution in [0.4, 0.5) is 11.4 Å². The molecule has 0 unspecified atom stereocenters. The largest absolute Gasteiger partial charge is 0.398 e. The Morgan fingerprint density at radius 3 is 2.47 bits per heavy atom. The van der Waals surface area contributed by atoms with Gasteiger partial charge in [-0.25, -0.2) is 0 Å². The lowest BCUT2D eigenvalue weighted by Crippen LogP contribution is -2.17. The quantitative estimate of drug-likeness (QED) is 0.826. The van der Waals surface area contributed by atoms with E-state index >= 15 is 0 Å². The maximum absolute atomic E-state index is 6.10. The number of rotatable bonds is 3. The molecule has 0 saturated carbocycles. The van der Waals surface area contributed by atoms with Gasteiger partial charge in [0.25, 0.3) is 0 Å². The van der Waals surface area contributed by atoms with Gasteiger partial charge in [-0.1, -0.05) is 39.7 Å². The van der Waals surface area contributed by atoms with Gasteiger partial charge in [0.1, 0.15) is 0 Å². The Morgan fingerprint density at radius 1 is 1.21 bits per heavy atom. The van der Waals surface area contributed by atoms with Crippen LogP contribution in [0.2, 0.25) is 5.02 Å². The number of hydrogen-bond donors (Lipinski definition) is 1. The highest BCUT2D eigenvalue weighted by molar-refractivity contribution is 9.10. The van der Waals surface area contributed by atoms with Crippen molar-refractivity contribution in [3.8, 4) is 0 Å². The van der Waals surface area contributed by atoms with Crippen LogP contribution in [-0.4, -0.2) is 7.05 Å². The fourth-order valence-corrected chi connectivity index (χ4v) is 2.48. The number of hydrogen-bond acceptors (Lipinski definition) is 2. The Kier molecular flexibility index (Phi) is 4.38. The predicted molar refractivity (Wildman–Crippen MR) is 86.9 cm³/mol. The summed E-state index contributed by atoms with van der Waals surface area (Å²) in [6, 6.07) is 12.1. The molecule has 0 fully saturated rings. The van der Waals surface area contributed by atoms with Crippen LogP contribution < -0.4 is 10.6 Å². The topological polar surface area (TPSA) is 29.3 Å². The van der Waals surface area contributed by atoms with Gasteiger partial charge in [-0.15, -0.1) is 0 Å². The lowest BCUT2D eigenvalue weighted by molar-refractivity contribution is 0.917. The summed E-state index contributed by atoms with van der Waals surface area (Å²) in [5, 5.41) is 0.600. The SMILES string of the molecule is Cc1cc(N)c(Cl)cc1N(C)Cc1ccc(Br)cc1. The molecule has 19 heavy (non-hydrogen) atoms. The summed E-state index contributed by atoms with van der Waals surface area (Å²) in [6.07, 6.45) is 0. The zero-order chi connectivity index (χ0) is 14.0. The van der Waals surface area contributed by atoms with Gasteiger partial charge in [0.2, 0.25) is 0 Å². The molecular weight excluding hydrogens is 324 g/mol. The van der Waals surface area contributed by atoms with Crippen LogP contribution in [0.5, 0.6) is 0 Å². The third-order valence-corrected chi connectivity index (χ3v) is 3.92. The third-order valence-electron chi connectivity index (χ3n) is 3.06. The lowest BCUT2D eigenvalue weighted by atomic mass is 10.1. The average molecular weight is 340 g/mol. The number of benzene rings is 2. The first-order valence-electron chi connectivity index (χ1n) is 5.98. The molecule has 2 N–H and O–H groups in total. The molecule has 4 heteroatoms. The van der Waals surface area contributed by atoms with E-state index in [-0.39, 0.29) is 0 Å². The third kappa shape index (κ3) is 3.43. The first-order chi connectivity index (χ1) is 8.97. The Balaban J connectivity index is 2.22. The number of anilines is 2. The van der Waals surface area contributed by atoms with Crippen molar-refractivity contribution in [1.82, 2.24) is 0 Å². The molecule has 0 aliphatic carbocycles. The summed E-state index contributed by atoms with van der Waals surface area (Å²) in [4.78, 5) is 2.17. The van der Waals surface area contributed by atoms with E-state index in [0.29, 0.717) is 10.7 Å². The maximum atomic E-state index is 6.10. The predicted octanol–water partition coefficient (Wildman–Crippen LogP) is 4.63. The van der Waals surface area contributed by atoms with E-state index < -0.39 is 0 Å². The van der Waals surface area contributed by atoms with E-state index in [1.54, 1.807) is 0 Å². The van der Waals surface area contributed by atoms with Crippen molar-refractivity contribution >= 4 is 38.9 Å². The molecule has 2 aromatic rings. The Labute approximate surface area is 127 Å². The number of nitrogens with zero attached hydrogens (tertiary/aromatic N) is 1. The van der Waals surface area contributed by atoms with Crippen molar-refractivity contribution < 1.29 is 0 Å². The molecule has 0 spiro atoms. The molecule has 0 aliphatic rings. The van der Waals surface area contributed by atoms with Crippen molar-refractivity contribution in [3.05, 3.63) is 57.0 Å². The molecule has 0 saturated heterocycles.